The summed E-state index contributed by atoms with van der Waals surface area (Å²) in [6, 6.07) is 0. The molecule has 21 heavy (non-hydrogen) atoms. The number of aromatic nitrogens is 2. The Morgan fingerprint density at radius 1 is 1.29 bits per heavy atom. The summed E-state index contributed by atoms with van der Waals surface area (Å²) < 4.78 is 0. The number of aryl methyl sites for hydroxylation is 2. The van der Waals surface area contributed by atoms with Crippen molar-refractivity contribution in [3.63, 3.8) is 0 Å². The van der Waals surface area contributed by atoms with E-state index in [2.05, 4.69) is 15.3 Å². The molecule has 6 heteroatoms. The van der Waals surface area contributed by atoms with Gasteiger partial charge in [0, 0.05) is 17.7 Å². The van der Waals surface area contributed by atoms with Crippen molar-refractivity contribution in [2.75, 3.05) is 0 Å². The molecule has 0 aliphatic carbocycles. The smallest absolute Gasteiger partial charge is 0.254 e. The van der Waals surface area contributed by atoms with Crippen molar-refractivity contribution in [2.45, 2.75) is 65.5 Å². The number of hydrogen-bond acceptors (Lipinski definition) is 4. The molecule has 0 fully saturated rings. The lowest BCUT2D eigenvalue weighted by molar-refractivity contribution is -0.126. The summed E-state index contributed by atoms with van der Waals surface area (Å²) in [6.07, 6.45) is 0.496. The van der Waals surface area contributed by atoms with Gasteiger partial charge in [-0.2, -0.15) is 0 Å². The highest BCUT2D eigenvalue weighted by atomic mass is 16.3. The van der Waals surface area contributed by atoms with Crippen LogP contribution < -0.4 is 10.9 Å². The fourth-order valence-electron chi connectivity index (χ4n) is 1.85. The van der Waals surface area contributed by atoms with Crippen LogP contribution in [0.5, 0.6) is 0 Å². The number of aliphatic hydroxyl groups is 1. The number of aromatic amines is 1. The van der Waals surface area contributed by atoms with Crippen LogP contribution in [0.25, 0.3) is 0 Å². The molecular formula is C15H25N3O3. The zero-order chi connectivity index (χ0) is 16.4. The predicted molar refractivity (Wildman–Crippen MR) is 81.2 cm³/mol. The van der Waals surface area contributed by atoms with Gasteiger partial charge in [-0.25, -0.2) is 4.98 Å². The quantitative estimate of drug-likeness (QED) is 0.754. The average molecular weight is 295 g/mol. The number of hydrogen-bond donors (Lipinski definition) is 3. The Bertz CT molecular complexity index is 583. The van der Waals surface area contributed by atoms with Gasteiger partial charge in [0.2, 0.25) is 5.91 Å². The van der Waals surface area contributed by atoms with Crippen LogP contribution in [-0.4, -0.2) is 32.1 Å². The van der Waals surface area contributed by atoms with Gasteiger partial charge < -0.3 is 15.4 Å². The first-order chi connectivity index (χ1) is 9.44. The molecule has 0 aliphatic heterocycles. The average Bonchev–Trinajstić information content (AvgIpc) is 2.24. The van der Waals surface area contributed by atoms with E-state index in [-0.39, 0.29) is 17.9 Å². The van der Waals surface area contributed by atoms with Crippen molar-refractivity contribution in [3.8, 4) is 0 Å². The molecule has 6 nitrogen and oxygen atoms in total. The summed E-state index contributed by atoms with van der Waals surface area (Å²) in [7, 11) is 0. The molecule has 0 atom stereocenters. The van der Waals surface area contributed by atoms with Crippen LogP contribution in [0.15, 0.2) is 4.79 Å². The Balaban J connectivity index is 2.73. The van der Waals surface area contributed by atoms with Crippen molar-refractivity contribution in [1.29, 1.82) is 0 Å². The van der Waals surface area contributed by atoms with Crippen LogP contribution in [0.1, 0.15) is 51.2 Å². The summed E-state index contributed by atoms with van der Waals surface area (Å²) in [5, 5.41) is 12.8. The minimum Gasteiger partial charge on any atom is -0.388 e. The normalized spacial score (nSPS) is 12.3. The van der Waals surface area contributed by atoms with Gasteiger partial charge in [-0.1, -0.05) is 0 Å². The van der Waals surface area contributed by atoms with E-state index in [0.29, 0.717) is 23.5 Å². The van der Waals surface area contributed by atoms with E-state index >= 15 is 0 Å². The molecule has 1 rings (SSSR count). The molecule has 0 bridgehead atoms. The Morgan fingerprint density at radius 3 is 2.33 bits per heavy atom. The van der Waals surface area contributed by atoms with Crippen LogP contribution in [0.2, 0.25) is 0 Å². The molecule has 0 spiro atoms. The lowest BCUT2D eigenvalue weighted by atomic mass is 9.86. The molecular weight excluding hydrogens is 270 g/mol. The van der Waals surface area contributed by atoms with Crippen molar-refractivity contribution < 1.29 is 9.90 Å². The van der Waals surface area contributed by atoms with Gasteiger partial charge in [-0.15, -0.1) is 0 Å². The number of nitrogens with one attached hydrogen (secondary N) is 2. The van der Waals surface area contributed by atoms with Crippen molar-refractivity contribution >= 4 is 5.91 Å². The SMILES string of the molecule is Cc1nc(C)c(CCC(=O)NC(C)(C)C(C)(C)O)c(=O)[nH]1. The molecule has 0 unspecified atom stereocenters. The van der Waals surface area contributed by atoms with Gasteiger partial charge in [0.1, 0.15) is 5.82 Å². The van der Waals surface area contributed by atoms with E-state index < -0.39 is 11.1 Å². The molecule has 1 amide bonds. The zero-order valence-electron chi connectivity index (χ0n) is 13.6. The van der Waals surface area contributed by atoms with E-state index in [1.165, 1.54) is 0 Å². The molecule has 3 N–H and O–H groups in total. The Morgan fingerprint density at radius 2 is 1.86 bits per heavy atom. The maximum atomic E-state index is 12.0. The molecule has 0 aromatic carbocycles. The first-order valence-electron chi connectivity index (χ1n) is 7.04. The minimum atomic E-state index is -1.04. The summed E-state index contributed by atoms with van der Waals surface area (Å²) in [6.45, 7) is 10.3. The predicted octanol–water partition coefficient (Wildman–Crippen LogP) is 0.985. The second-order valence-electron chi connectivity index (χ2n) is 6.45. The Hall–Kier alpha value is -1.69. The van der Waals surface area contributed by atoms with E-state index in [1.807, 2.05) is 0 Å². The zero-order valence-corrected chi connectivity index (χ0v) is 13.6. The minimum absolute atomic E-state index is 0.175. The van der Waals surface area contributed by atoms with E-state index in [0.717, 1.165) is 0 Å². The molecule has 0 saturated carbocycles. The van der Waals surface area contributed by atoms with E-state index in [9.17, 15) is 14.7 Å². The Labute approximate surface area is 125 Å². The number of nitrogens with zero attached hydrogens (tertiary/aromatic N) is 1. The molecule has 1 heterocycles. The highest BCUT2D eigenvalue weighted by Crippen LogP contribution is 2.20. The third-order valence-electron chi connectivity index (χ3n) is 3.92. The lowest BCUT2D eigenvalue weighted by Gasteiger charge is -2.38. The van der Waals surface area contributed by atoms with E-state index in [4.69, 9.17) is 0 Å². The van der Waals surface area contributed by atoms with Gasteiger partial charge in [0.15, 0.2) is 0 Å². The summed E-state index contributed by atoms with van der Waals surface area (Å²) in [4.78, 5) is 30.7. The van der Waals surface area contributed by atoms with Crippen molar-refractivity contribution in [2.24, 2.45) is 0 Å². The number of rotatable bonds is 5. The van der Waals surface area contributed by atoms with Crippen molar-refractivity contribution in [3.05, 3.63) is 27.4 Å². The van der Waals surface area contributed by atoms with Gasteiger partial charge in [0.05, 0.1) is 11.1 Å². The second kappa shape index (κ2) is 5.97. The maximum Gasteiger partial charge on any atom is 0.254 e. The van der Waals surface area contributed by atoms with Gasteiger partial charge in [-0.05, 0) is 48.0 Å². The van der Waals surface area contributed by atoms with Crippen LogP contribution in [0.3, 0.4) is 0 Å². The standard InChI is InChI=1S/C15H25N3O3/c1-9-11(13(20)17-10(2)16-9)7-8-12(19)18-14(3,4)15(5,6)21/h21H,7-8H2,1-6H3,(H,18,19)(H,16,17,20). The number of carbonyl (C=O) groups is 1. The van der Waals surface area contributed by atoms with Crippen LogP contribution in [0, 0.1) is 13.8 Å². The molecule has 1 aromatic rings. The van der Waals surface area contributed by atoms with Crippen LogP contribution in [-0.2, 0) is 11.2 Å². The largest absolute Gasteiger partial charge is 0.388 e. The van der Waals surface area contributed by atoms with Crippen molar-refractivity contribution in [1.82, 2.24) is 15.3 Å². The topological polar surface area (TPSA) is 95.1 Å². The van der Waals surface area contributed by atoms with Gasteiger partial charge in [0.25, 0.3) is 5.56 Å². The fraction of sp³-hybridized carbons (Fsp3) is 0.667. The fourth-order valence-corrected chi connectivity index (χ4v) is 1.85. The molecule has 0 saturated heterocycles. The molecule has 0 radical (unpaired) electrons. The van der Waals surface area contributed by atoms with Gasteiger partial charge >= 0.3 is 0 Å². The second-order valence-corrected chi connectivity index (χ2v) is 6.45. The third-order valence-corrected chi connectivity index (χ3v) is 3.92. The number of carbonyl (C=O) groups excluding carboxylic acids is 1. The molecule has 0 aliphatic rings. The monoisotopic (exact) mass is 295 g/mol. The highest BCUT2D eigenvalue weighted by molar-refractivity contribution is 5.77. The lowest BCUT2D eigenvalue weighted by Crippen LogP contribution is -2.57. The third kappa shape index (κ3) is 4.39. The first-order valence-corrected chi connectivity index (χ1v) is 7.04. The molecule has 1 aromatic heterocycles. The number of H-pyrrole nitrogens is 1. The first kappa shape index (κ1) is 17.4. The summed E-state index contributed by atoms with van der Waals surface area (Å²) >= 11 is 0. The summed E-state index contributed by atoms with van der Waals surface area (Å²) in [5.74, 6) is 0.357. The highest BCUT2D eigenvalue weighted by Gasteiger charge is 2.36. The Kier molecular flexibility index (Phi) is 4.94. The maximum absolute atomic E-state index is 12.0. The molecule has 118 valence electrons. The van der Waals surface area contributed by atoms with Gasteiger partial charge in [-0.3, -0.25) is 9.59 Å². The number of amides is 1. The summed E-state index contributed by atoms with van der Waals surface area (Å²) in [5.41, 5.74) is -0.824. The van der Waals surface area contributed by atoms with Crippen LogP contribution in [0.4, 0.5) is 0 Å². The van der Waals surface area contributed by atoms with Crippen LogP contribution >= 0.6 is 0 Å². The van der Waals surface area contributed by atoms with E-state index in [1.54, 1.807) is 41.5 Å².